The molecule has 6 heteroatoms. The van der Waals surface area contributed by atoms with E-state index in [0.29, 0.717) is 19.6 Å². The summed E-state index contributed by atoms with van der Waals surface area (Å²) in [4.78, 5) is 11.7. The number of rotatable bonds is 8. The summed E-state index contributed by atoms with van der Waals surface area (Å²) in [5, 5.41) is 2.87. The van der Waals surface area contributed by atoms with Crippen LogP contribution in [0.25, 0.3) is 0 Å². The second-order valence-corrected chi connectivity index (χ2v) is 5.82. The van der Waals surface area contributed by atoms with Gasteiger partial charge in [-0.05, 0) is 31.0 Å². The lowest BCUT2D eigenvalue weighted by atomic mass is 9.94. The number of nitrogens with one attached hydrogen (secondary N) is 1. The first kappa shape index (κ1) is 20.2. The Morgan fingerprint density at radius 2 is 2.05 bits per heavy atom. The SMILES string of the molecule is CCC(N)(CC)CNC(=O)CCOc1cccc(Br)c1.Cl. The van der Waals surface area contributed by atoms with E-state index < -0.39 is 0 Å². The number of amides is 1. The van der Waals surface area contributed by atoms with E-state index in [1.165, 1.54) is 0 Å². The maximum absolute atomic E-state index is 11.7. The van der Waals surface area contributed by atoms with Crippen LogP contribution in [0.5, 0.6) is 5.75 Å². The van der Waals surface area contributed by atoms with Crippen molar-refractivity contribution in [3.05, 3.63) is 28.7 Å². The smallest absolute Gasteiger partial charge is 0.223 e. The molecule has 0 bridgehead atoms. The summed E-state index contributed by atoms with van der Waals surface area (Å²) in [7, 11) is 0. The van der Waals surface area contributed by atoms with Gasteiger partial charge in [0, 0.05) is 16.6 Å². The number of ether oxygens (including phenoxy) is 1. The Kier molecular flexibility index (Phi) is 9.66. The molecule has 1 amide bonds. The number of carbonyl (C=O) groups is 1. The Labute approximate surface area is 141 Å². The molecule has 21 heavy (non-hydrogen) atoms. The number of nitrogens with two attached hydrogens (primary N) is 1. The lowest BCUT2D eigenvalue weighted by molar-refractivity contribution is -0.121. The zero-order chi connectivity index (χ0) is 15.0. The van der Waals surface area contributed by atoms with Gasteiger partial charge in [0.25, 0.3) is 0 Å². The van der Waals surface area contributed by atoms with Crippen molar-refractivity contribution < 1.29 is 9.53 Å². The summed E-state index contributed by atoms with van der Waals surface area (Å²) in [6, 6.07) is 7.55. The predicted molar refractivity (Wildman–Crippen MR) is 92.0 cm³/mol. The van der Waals surface area contributed by atoms with Gasteiger partial charge in [-0.3, -0.25) is 4.79 Å². The van der Waals surface area contributed by atoms with E-state index in [2.05, 4.69) is 21.2 Å². The number of benzene rings is 1. The molecule has 0 radical (unpaired) electrons. The Balaban J connectivity index is 0.00000400. The molecule has 0 aromatic heterocycles. The van der Waals surface area contributed by atoms with Crippen LogP contribution in [0.15, 0.2) is 28.7 Å². The van der Waals surface area contributed by atoms with Gasteiger partial charge in [-0.25, -0.2) is 0 Å². The normalized spacial score (nSPS) is 10.7. The zero-order valence-corrected chi connectivity index (χ0v) is 14.9. The highest BCUT2D eigenvalue weighted by molar-refractivity contribution is 9.10. The van der Waals surface area contributed by atoms with Crippen LogP contribution in [0.1, 0.15) is 33.1 Å². The average Bonchev–Trinajstić information content (AvgIpc) is 2.45. The van der Waals surface area contributed by atoms with E-state index in [1.807, 2.05) is 38.1 Å². The van der Waals surface area contributed by atoms with Crippen molar-refractivity contribution in [1.29, 1.82) is 0 Å². The molecule has 0 fully saturated rings. The molecule has 0 spiro atoms. The summed E-state index contributed by atoms with van der Waals surface area (Å²) >= 11 is 3.37. The fourth-order valence-electron chi connectivity index (χ4n) is 1.68. The molecule has 1 aromatic rings. The topological polar surface area (TPSA) is 64.3 Å². The van der Waals surface area contributed by atoms with E-state index in [4.69, 9.17) is 10.5 Å². The number of carbonyl (C=O) groups excluding carboxylic acids is 1. The van der Waals surface area contributed by atoms with Crippen LogP contribution in [0, 0.1) is 0 Å². The first-order valence-electron chi connectivity index (χ1n) is 6.93. The molecule has 0 heterocycles. The van der Waals surface area contributed by atoms with Crippen LogP contribution in [0.4, 0.5) is 0 Å². The van der Waals surface area contributed by atoms with E-state index >= 15 is 0 Å². The van der Waals surface area contributed by atoms with Crippen LogP contribution in [0.2, 0.25) is 0 Å². The second-order valence-electron chi connectivity index (χ2n) is 4.90. The van der Waals surface area contributed by atoms with Crippen molar-refractivity contribution in [3.8, 4) is 5.75 Å². The average molecular weight is 380 g/mol. The van der Waals surface area contributed by atoms with Crippen molar-refractivity contribution in [2.45, 2.75) is 38.6 Å². The van der Waals surface area contributed by atoms with Crippen molar-refractivity contribution in [1.82, 2.24) is 5.32 Å². The van der Waals surface area contributed by atoms with E-state index in [-0.39, 0.29) is 23.9 Å². The van der Waals surface area contributed by atoms with Crippen LogP contribution in [-0.4, -0.2) is 24.6 Å². The van der Waals surface area contributed by atoms with Gasteiger partial charge in [-0.15, -0.1) is 12.4 Å². The van der Waals surface area contributed by atoms with E-state index in [9.17, 15) is 4.79 Å². The second kappa shape index (κ2) is 10.0. The van der Waals surface area contributed by atoms with Gasteiger partial charge < -0.3 is 15.8 Å². The molecule has 4 nitrogen and oxygen atoms in total. The molecule has 3 N–H and O–H groups in total. The fraction of sp³-hybridized carbons (Fsp3) is 0.533. The molecule has 0 unspecified atom stereocenters. The predicted octanol–water partition coefficient (Wildman–Crippen LogP) is 3.27. The minimum atomic E-state index is -0.305. The number of halogens is 2. The first-order valence-corrected chi connectivity index (χ1v) is 7.72. The van der Waals surface area contributed by atoms with Gasteiger partial charge in [0.1, 0.15) is 5.75 Å². The number of hydrogen-bond donors (Lipinski definition) is 2. The van der Waals surface area contributed by atoms with Crippen LogP contribution in [-0.2, 0) is 4.79 Å². The van der Waals surface area contributed by atoms with Gasteiger partial charge in [-0.1, -0.05) is 35.8 Å². The van der Waals surface area contributed by atoms with E-state index in [0.717, 1.165) is 23.1 Å². The molecule has 0 aliphatic carbocycles. The summed E-state index contributed by atoms with van der Waals surface area (Å²) in [5.41, 5.74) is 5.83. The third-order valence-corrected chi connectivity index (χ3v) is 3.93. The van der Waals surface area contributed by atoms with Crippen molar-refractivity contribution in [2.75, 3.05) is 13.2 Å². The standard InChI is InChI=1S/C15H23BrN2O2.ClH/c1-3-15(17,4-2)11-18-14(19)8-9-20-13-7-5-6-12(16)10-13;/h5-7,10H,3-4,8-9,11,17H2,1-2H3,(H,18,19);1H. The molecule has 1 rings (SSSR count). The third-order valence-electron chi connectivity index (χ3n) is 3.44. The molecule has 120 valence electrons. The zero-order valence-electron chi connectivity index (χ0n) is 12.5. The molecular formula is C15H24BrClN2O2. The molecular weight excluding hydrogens is 356 g/mol. The van der Waals surface area contributed by atoms with Gasteiger partial charge in [-0.2, -0.15) is 0 Å². The summed E-state index contributed by atoms with van der Waals surface area (Å²) in [6.45, 7) is 4.94. The summed E-state index contributed by atoms with van der Waals surface area (Å²) in [6.07, 6.45) is 2.02. The fourth-order valence-corrected chi connectivity index (χ4v) is 2.06. The summed E-state index contributed by atoms with van der Waals surface area (Å²) in [5.74, 6) is 0.721. The van der Waals surface area contributed by atoms with Gasteiger partial charge in [0.05, 0.1) is 13.0 Å². The quantitative estimate of drug-likeness (QED) is 0.728. The summed E-state index contributed by atoms with van der Waals surface area (Å²) < 4.78 is 6.48. The highest BCUT2D eigenvalue weighted by Gasteiger charge is 2.20. The van der Waals surface area contributed by atoms with Gasteiger partial charge in [0.15, 0.2) is 0 Å². The molecule has 0 saturated heterocycles. The molecule has 0 atom stereocenters. The van der Waals surface area contributed by atoms with Gasteiger partial charge in [0.2, 0.25) is 5.91 Å². The van der Waals surface area contributed by atoms with Crippen molar-refractivity contribution in [3.63, 3.8) is 0 Å². The van der Waals surface area contributed by atoms with Gasteiger partial charge >= 0.3 is 0 Å². The molecule has 0 saturated carbocycles. The highest BCUT2D eigenvalue weighted by atomic mass is 79.9. The monoisotopic (exact) mass is 378 g/mol. The van der Waals surface area contributed by atoms with Crippen LogP contribution in [0.3, 0.4) is 0 Å². The lowest BCUT2D eigenvalue weighted by Crippen LogP contribution is -2.49. The Morgan fingerprint density at radius 3 is 2.62 bits per heavy atom. The minimum absolute atomic E-state index is 0. The highest BCUT2D eigenvalue weighted by Crippen LogP contribution is 2.17. The van der Waals surface area contributed by atoms with Crippen LogP contribution < -0.4 is 15.8 Å². The minimum Gasteiger partial charge on any atom is -0.493 e. The third kappa shape index (κ3) is 7.69. The van der Waals surface area contributed by atoms with Crippen molar-refractivity contribution in [2.24, 2.45) is 5.73 Å². The Hall–Kier alpha value is -0.780. The van der Waals surface area contributed by atoms with Crippen LogP contribution >= 0.6 is 28.3 Å². The first-order chi connectivity index (χ1) is 9.49. The lowest BCUT2D eigenvalue weighted by Gasteiger charge is -2.26. The number of hydrogen-bond acceptors (Lipinski definition) is 3. The largest absolute Gasteiger partial charge is 0.493 e. The maximum atomic E-state index is 11.7. The Bertz CT molecular complexity index is 439. The maximum Gasteiger partial charge on any atom is 0.223 e. The molecule has 1 aromatic carbocycles. The molecule has 0 aliphatic heterocycles. The van der Waals surface area contributed by atoms with Crippen molar-refractivity contribution >= 4 is 34.2 Å². The molecule has 0 aliphatic rings. The van der Waals surface area contributed by atoms with E-state index in [1.54, 1.807) is 0 Å². The Morgan fingerprint density at radius 1 is 1.38 bits per heavy atom.